The molecule has 0 aromatic carbocycles. The van der Waals surface area contributed by atoms with Gasteiger partial charge in [-0.05, 0) is 43.3 Å². The highest BCUT2D eigenvalue weighted by molar-refractivity contribution is 6.10. The molecule has 17 heavy (non-hydrogen) atoms. The fourth-order valence-corrected chi connectivity index (χ4v) is 2.24. The molecule has 0 aliphatic heterocycles. The number of ketones is 1. The van der Waals surface area contributed by atoms with Gasteiger partial charge in [0.1, 0.15) is 0 Å². The highest BCUT2D eigenvalue weighted by Gasteiger charge is 2.21. The largest absolute Gasteiger partial charge is 0.289 e. The van der Waals surface area contributed by atoms with Crippen LogP contribution >= 0.6 is 0 Å². The van der Waals surface area contributed by atoms with Crippen LogP contribution in [0, 0.1) is 0 Å². The minimum Gasteiger partial charge on any atom is -0.289 e. The van der Waals surface area contributed by atoms with Crippen LogP contribution in [0.3, 0.4) is 0 Å². The average Bonchev–Trinajstić information content (AvgIpc) is 2.67. The Bertz CT molecular complexity index is 297. The van der Waals surface area contributed by atoms with Crippen molar-refractivity contribution in [2.75, 3.05) is 0 Å². The van der Waals surface area contributed by atoms with E-state index in [-0.39, 0.29) is 0 Å². The van der Waals surface area contributed by atoms with Gasteiger partial charge in [-0.25, -0.2) is 0 Å². The molecule has 1 aliphatic carbocycles. The molecule has 1 nitrogen and oxygen atoms in total. The van der Waals surface area contributed by atoms with Gasteiger partial charge in [-0.2, -0.15) is 0 Å². The van der Waals surface area contributed by atoms with Crippen LogP contribution in [0.15, 0.2) is 23.3 Å². The molecule has 0 aromatic heterocycles. The van der Waals surface area contributed by atoms with Gasteiger partial charge in [-0.3, -0.25) is 4.79 Å². The first-order chi connectivity index (χ1) is 8.29. The predicted molar refractivity (Wildman–Crippen MR) is 74.1 cm³/mol. The second kappa shape index (κ2) is 8.27. The van der Waals surface area contributed by atoms with E-state index in [1.807, 2.05) is 0 Å². The van der Waals surface area contributed by atoms with Crippen LogP contribution in [0.1, 0.15) is 71.6 Å². The monoisotopic (exact) mass is 234 g/mol. The topological polar surface area (TPSA) is 17.1 Å². The SMILES string of the molecule is CCCCC=C1CCC(=CCCCCC)C1=O. The van der Waals surface area contributed by atoms with Gasteiger partial charge in [-0.1, -0.05) is 51.7 Å². The molecule has 0 spiro atoms. The Morgan fingerprint density at radius 3 is 1.94 bits per heavy atom. The van der Waals surface area contributed by atoms with Gasteiger partial charge in [0.05, 0.1) is 0 Å². The van der Waals surface area contributed by atoms with Gasteiger partial charge in [0.15, 0.2) is 5.78 Å². The Morgan fingerprint density at radius 2 is 1.41 bits per heavy atom. The summed E-state index contributed by atoms with van der Waals surface area (Å²) >= 11 is 0. The standard InChI is InChI=1S/C16H26O/c1-3-5-7-9-11-15-13-12-14(16(15)17)10-8-6-4-2/h10-11H,3-9,12-13H2,1-2H3. The van der Waals surface area contributed by atoms with E-state index >= 15 is 0 Å². The maximum Gasteiger partial charge on any atom is 0.184 e. The lowest BCUT2D eigenvalue weighted by Crippen LogP contribution is -1.95. The number of carbonyl (C=O) groups is 1. The van der Waals surface area contributed by atoms with Crippen LogP contribution in [0.25, 0.3) is 0 Å². The first-order valence-electron chi connectivity index (χ1n) is 7.22. The van der Waals surface area contributed by atoms with Crippen LogP contribution in [-0.4, -0.2) is 5.78 Å². The summed E-state index contributed by atoms with van der Waals surface area (Å²) in [6, 6.07) is 0. The number of unbranched alkanes of at least 4 members (excludes halogenated alkanes) is 5. The van der Waals surface area contributed by atoms with Crippen molar-refractivity contribution < 1.29 is 4.79 Å². The van der Waals surface area contributed by atoms with E-state index in [0.29, 0.717) is 5.78 Å². The van der Waals surface area contributed by atoms with E-state index < -0.39 is 0 Å². The molecular weight excluding hydrogens is 208 g/mol. The predicted octanol–water partition coefficient (Wildman–Crippen LogP) is 4.97. The van der Waals surface area contributed by atoms with Crippen molar-refractivity contribution in [2.24, 2.45) is 0 Å². The number of hydrogen-bond donors (Lipinski definition) is 0. The summed E-state index contributed by atoms with van der Waals surface area (Å²) in [5, 5.41) is 0. The number of rotatable bonds is 7. The third-order valence-electron chi connectivity index (χ3n) is 3.39. The summed E-state index contributed by atoms with van der Waals surface area (Å²) < 4.78 is 0. The average molecular weight is 234 g/mol. The normalized spacial score (nSPS) is 20.7. The van der Waals surface area contributed by atoms with Crippen LogP contribution in [0.2, 0.25) is 0 Å². The Kier molecular flexibility index (Phi) is 6.91. The lowest BCUT2D eigenvalue weighted by molar-refractivity contribution is -0.111. The second-order valence-corrected chi connectivity index (χ2v) is 4.93. The van der Waals surface area contributed by atoms with E-state index in [9.17, 15) is 4.79 Å². The third-order valence-corrected chi connectivity index (χ3v) is 3.39. The number of carbonyl (C=O) groups excluding carboxylic acids is 1. The fraction of sp³-hybridized carbons (Fsp3) is 0.688. The first kappa shape index (κ1) is 14.2. The molecule has 1 saturated carbocycles. The molecule has 1 aliphatic rings. The summed E-state index contributed by atoms with van der Waals surface area (Å²) in [6.07, 6.45) is 14.6. The van der Waals surface area contributed by atoms with Crippen molar-refractivity contribution in [1.82, 2.24) is 0 Å². The van der Waals surface area contributed by atoms with Gasteiger partial charge in [0.25, 0.3) is 0 Å². The van der Waals surface area contributed by atoms with Gasteiger partial charge < -0.3 is 0 Å². The number of Topliss-reactive ketones (excluding diaryl/α,β-unsaturated/α-hetero) is 1. The highest BCUT2D eigenvalue weighted by Crippen LogP contribution is 2.27. The molecule has 1 heteroatoms. The van der Waals surface area contributed by atoms with Crippen LogP contribution in [0.5, 0.6) is 0 Å². The molecule has 0 N–H and O–H groups in total. The van der Waals surface area contributed by atoms with Gasteiger partial charge in [0, 0.05) is 0 Å². The molecule has 0 radical (unpaired) electrons. The summed E-state index contributed by atoms with van der Waals surface area (Å²) in [5.41, 5.74) is 2.14. The molecule has 0 saturated heterocycles. The smallest absolute Gasteiger partial charge is 0.184 e. The van der Waals surface area contributed by atoms with E-state index in [0.717, 1.165) is 36.8 Å². The van der Waals surface area contributed by atoms with E-state index in [1.54, 1.807) is 0 Å². The third kappa shape index (κ3) is 4.89. The minimum atomic E-state index is 0.331. The van der Waals surface area contributed by atoms with E-state index in [4.69, 9.17) is 0 Å². The van der Waals surface area contributed by atoms with Crippen molar-refractivity contribution in [3.05, 3.63) is 23.3 Å². The van der Waals surface area contributed by atoms with Crippen LogP contribution in [0.4, 0.5) is 0 Å². The lowest BCUT2D eigenvalue weighted by atomic mass is 10.1. The molecule has 96 valence electrons. The Balaban J connectivity index is 2.40. The zero-order valence-corrected chi connectivity index (χ0v) is 11.4. The van der Waals surface area contributed by atoms with Crippen LogP contribution < -0.4 is 0 Å². The number of hydrogen-bond acceptors (Lipinski definition) is 1. The molecule has 0 heterocycles. The Morgan fingerprint density at radius 1 is 0.882 bits per heavy atom. The molecular formula is C16H26O. The molecule has 0 bridgehead atoms. The fourth-order valence-electron chi connectivity index (χ4n) is 2.24. The van der Waals surface area contributed by atoms with Gasteiger partial charge in [0.2, 0.25) is 0 Å². The lowest BCUT2D eigenvalue weighted by Gasteiger charge is -1.96. The minimum absolute atomic E-state index is 0.331. The van der Waals surface area contributed by atoms with E-state index in [2.05, 4.69) is 26.0 Å². The van der Waals surface area contributed by atoms with E-state index in [1.165, 1.54) is 32.1 Å². The highest BCUT2D eigenvalue weighted by atomic mass is 16.1. The van der Waals surface area contributed by atoms with Gasteiger partial charge in [-0.15, -0.1) is 0 Å². The maximum absolute atomic E-state index is 12.0. The molecule has 0 amide bonds. The molecule has 0 aromatic rings. The van der Waals surface area contributed by atoms with Crippen LogP contribution in [-0.2, 0) is 4.79 Å². The summed E-state index contributed by atoms with van der Waals surface area (Å²) in [4.78, 5) is 12.0. The first-order valence-corrected chi connectivity index (χ1v) is 7.22. The Hall–Kier alpha value is -0.850. The molecule has 0 unspecified atom stereocenters. The molecule has 1 rings (SSSR count). The summed E-state index contributed by atoms with van der Waals surface area (Å²) in [5.74, 6) is 0.331. The van der Waals surface area contributed by atoms with Crippen molar-refractivity contribution in [1.29, 1.82) is 0 Å². The van der Waals surface area contributed by atoms with Crippen molar-refractivity contribution in [3.63, 3.8) is 0 Å². The second-order valence-electron chi connectivity index (χ2n) is 4.93. The zero-order valence-electron chi connectivity index (χ0n) is 11.4. The molecule has 0 atom stereocenters. The quantitative estimate of drug-likeness (QED) is 0.449. The summed E-state index contributed by atoms with van der Waals surface area (Å²) in [6.45, 7) is 4.40. The Labute approximate surface area is 106 Å². The van der Waals surface area contributed by atoms with Crippen molar-refractivity contribution >= 4 is 5.78 Å². The number of allylic oxidation sites excluding steroid dienone is 4. The van der Waals surface area contributed by atoms with Crippen molar-refractivity contribution in [2.45, 2.75) is 71.6 Å². The zero-order chi connectivity index (χ0) is 12.5. The summed E-state index contributed by atoms with van der Waals surface area (Å²) in [7, 11) is 0. The molecule has 1 fully saturated rings. The van der Waals surface area contributed by atoms with Crippen molar-refractivity contribution in [3.8, 4) is 0 Å². The maximum atomic E-state index is 12.0. The van der Waals surface area contributed by atoms with Gasteiger partial charge >= 0.3 is 0 Å².